The van der Waals surface area contributed by atoms with Gasteiger partial charge in [-0.3, -0.25) is 4.79 Å². The number of hydrogen-bond donors (Lipinski definition) is 0. The minimum absolute atomic E-state index is 0.166. The first-order chi connectivity index (χ1) is 11.7. The minimum atomic E-state index is -0.921. The second-order valence-electron chi connectivity index (χ2n) is 6.06. The van der Waals surface area contributed by atoms with E-state index < -0.39 is 6.17 Å². The molecular weight excluding hydrogens is 307 g/mol. The number of amides is 1. The van der Waals surface area contributed by atoms with Crippen LogP contribution in [0.15, 0.2) is 48.9 Å². The Morgan fingerprint density at radius 3 is 2.83 bits per heavy atom. The molecule has 4 rings (SSSR count). The lowest BCUT2D eigenvalue weighted by atomic mass is 10.2. The molecule has 24 heavy (non-hydrogen) atoms. The maximum atomic E-state index is 13.3. The van der Waals surface area contributed by atoms with Gasteiger partial charge in [-0.15, -0.1) is 0 Å². The third-order valence-corrected chi connectivity index (χ3v) is 4.32. The first-order valence-electron chi connectivity index (χ1n) is 7.99. The van der Waals surface area contributed by atoms with Crippen molar-refractivity contribution in [2.24, 2.45) is 0 Å². The maximum absolute atomic E-state index is 13.3. The van der Waals surface area contributed by atoms with Crippen LogP contribution in [0.3, 0.4) is 0 Å². The molecule has 1 aromatic carbocycles. The van der Waals surface area contributed by atoms with Crippen molar-refractivity contribution in [2.45, 2.75) is 19.1 Å². The zero-order valence-corrected chi connectivity index (χ0v) is 13.1. The van der Waals surface area contributed by atoms with Gasteiger partial charge in [0.05, 0.1) is 25.0 Å². The predicted octanol–water partition coefficient (Wildman–Crippen LogP) is 2.66. The standard InChI is InChI=1S/C18H17FN4O/c19-15-6-7-22(11-15)18(24)14-8-16-17(20-9-14)23(12-21-16)10-13-4-2-1-3-5-13/h1-5,8-9,12,15H,6-7,10-11H2/t15-/m0/s1. The Labute approximate surface area is 138 Å². The largest absolute Gasteiger partial charge is 0.336 e. The van der Waals surface area contributed by atoms with Gasteiger partial charge in [0.15, 0.2) is 5.65 Å². The lowest BCUT2D eigenvalue weighted by molar-refractivity contribution is 0.0782. The average Bonchev–Trinajstić information content (AvgIpc) is 3.21. The van der Waals surface area contributed by atoms with E-state index >= 15 is 0 Å². The number of likely N-dealkylation sites (tertiary alicyclic amines) is 1. The Bertz CT molecular complexity index is 877. The van der Waals surface area contributed by atoms with E-state index in [1.807, 2.05) is 34.9 Å². The van der Waals surface area contributed by atoms with Crippen LogP contribution < -0.4 is 0 Å². The van der Waals surface area contributed by atoms with Crippen molar-refractivity contribution in [3.05, 3.63) is 60.0 Å². The second kappa shape index (κ2) is 6.03. The van der Waals surface area contributed by atoms with E-state index in [0.29, 0.717) is 30.6 Å². The number of halogens is 1. The van der Waals surface area contributed by atoms with E-state index in [4.69, 9.17) is 0 Å². The number of carbonyl (C=O) groups excluding carboxylic acids is 1. The van der Waals surface area contributed by atoms with Crippen molar-refractivity contribution in [3.63, 3.8) is 0 Å². The minimum Gasteiger partial charge on any atom is -0.336 e. The molecule has 122 valence electrons. The highest BCUT2D eigenvalue weighted by molar-refractivity contribution is 5.96. The fraction of sp³-hybridized carbons (Fsp3) is 0.278. The Hall–Kier alpha value is -2.76. The quantitative estimate of drug-likeness (QED) is 0.744. The summed E-state index contributed by atoms with van der Waals surface area (Å²) >= 11 is 0. The van der Waals surface area contributed by atoms with E-state index in [1.54, 1.807) is 18.6 Å². The molecule has 1 aliphatic heterocycles. The van der Waals surface area contributed by atoms with Crippen molar-refractivity contribution in [2.75, 3.05) is 13.1 Å². The van der Waals surface area contributed by atoms with Crippen LogP contribution in [-0.4, -0.2) is 44.6 Å². The smallest absolute Gasteiger partial charge is 0.255 e. The van der Waals surface area contributed by atoms with Crippen LogP contribution >= 0.6 is 0 Å². The van der Waals surface area contributed by atoms with Crippen LogP contribution in [0.1, 0.15) is 22.3 Å². The molecule has 6 heteroatoms. The number of alkyl halides is 1. The summed E-state index contributed by atoms with van der Waals surface area (Å²) in [7, 11) is 0. The number of imidazole rings is 1. The molecule has 1 aliphatic rings. The molecule has 1 amide bonds. The highest BCUT2D eigenvalue weighted by Gasteiger charge is 2.27. The van der Waals surface area contributed by atoms with Crippen LogP contribution in [-0.2, 0) is 6.54 Å². The Morgan fingerprint density at radius 1 is 1.25 bits per heavy atom. The lowest BCUT2D eigenvalue weighted by Crippen LogP contribution is -2.29. The van der Waals surface area contributed by atoms with E-state index in [0.717, 1.165) is 11.2 Å². The zero-order chi connectivity index (χ0) is 16.5. The monoisotopic (exact) mass is 324 g/mol. The number of nitrogens with zero attached hydrogens (tertiary/aromatic N) is 4. The van der Waals surface area contributed by atoms with Crippen molar-refractivity contribution in [1.29, 1.82) is 0 Å². The number of fused-ring (bicyclic) bond motifs is 1. The topological polar surface area (TPSA) is 51.0 Å². The maximum Gasteiger partial charge on any atom is 0.255 e. The molecule has 0 spiro atoms. The molecular formula is C18H17FN4O. The van der Waals surface area contributed by atoms with Gasteiger partial charge >= 0.3 is 0 Å². The molecule has 0 bridgehead atoms. The lowest BCUT2D eigenvalue weighted by Gasteiger charge is -2.14. The summed E-state index contributed by atoms with van der Waals surface area (Å²) in [5.41, 5.74) is 3.03. The SMILES string of the molecule is O=C(c1cnc2c(c1)ncn2Cc1ccccc1)N1CC[C@H](F)C1. The predicted molar refractivity (Wildman–Crippen MR) is 88.5 cm³/mol. The van der Waals surface area contributed by atoms with Gasteiger partial charge in [-0.2, -0.15) is 0 Å². The summed E-state index contributed by atoms with van der Waals surface area (Å²) in [5, 5.41) is 0. The van der Waals surface area contributed by atoms with Crippen molar-refractivity contribution >= 4 is 17.1 Å². The van der Waals surface area contributed by atoms with E-state index in [-0.39, 0.29) is 12.5 Å². The number of hydrogen-bond acceptors (Lipinski definition) is 3. The van der Waals surface area contributed by atoms with Gasteiger partial charge in [-0.1, -0.05) is 30.3 Å². The molecule has 1 saturated heterocycles. The molecule has 1 fully saturated rings. The van der Waals surface area contributed by atoms with Gasteiger partial charge in [0.2, 0.25) is 0 Å². The van der Waals surface area contributed by atoms with Crippen LogP contribution in [0.25, 0.3) is 11.2 Å². The molecule has 3 aromatic rings. The fourth-order valence-electron chi connectivity index (χ4n) is 3.05. The third kappa shape index (κ3) is 2.75. The van der Waals surface area contributed by atoms with Gasteiger partial charge in [-0.25, -0.2) is 14.4 Å². The van der Waals surface area contributed by atoms with Crippen LogP contribution in [0.2, 0.25) is 0 Å². The van der Waals surface area contributed by atoms with Crippen LogP contribution in [0.4, 0.5) is 4.39 Å². The molecule has 3 heterocycles. The fourth-order valence-corrected chi connectivity index (χ4v) is 3.05. The van der Waals surface area contributed by atoms with Crippen molar-refractivity contribution in [1.82, 2.24) is 19.4 Å². The van der Waals surface area contributed by atoms with E-state index in [9.17, 15) is 9.18 Å². The molecule has 1 atom stereocenters. The number of aromatic nitrogens is 3. The Morgan fingerprint density at radius 2 is 2.08 bits per heavy atom. The normalized spacial score (nSPS) is 17.5. The molecule has 2 aromatic heterocycles. The average molecular weight is 324 g/mol. The van der Waals surface area contributed by atoms with Crippen molar-refractivity contribution in [3.8, 4) is 0 Å². The summed E-state index contributed by atoms with van der Waals surface area (Å²) in [5.74, 6) is -0.179. The summed E-state index contributed by atoms with van der Waals surface area (Å²) < 4.78 is 15.2. The summed E-state index contributed by atoms with van der Waals surface area (Å²) in [6.07, 6.45) is 2.77. The molecule has 0 aliphatic carbocycles. The van der Waals surface area contributed by atoms with Gasteiger partial charge < -0.3 is 9.47 Å². The van der Waals surface area contributed by atoms with E-state index in [1.165, 1.54) is 4.90 Å². The first-order valence-corrected chi connectivity index (χ1v) is 7.99. The number of benzene rings is 1. The highest BCUT2D eigenvalue weighted by atomic mass is 19.1. The summed E-state index contributed by atoms with van der Waals surface area (Å²) in [6, 6.07) is 11.8. The van der Waals surface area contributed by atoms with Crippen molar-refractivity contribution < 1.29 is 9.18 Å². The van der Waals surface area contributed by atoms with Gasteiger partial charge in [0, 0.05) is 12.7 Å². The molecule has 0 saturated carbocycles. The van der Waals surface area contributed by atoms with Crippen LogP contribution in [0, 0.1) is 0 Å². The van der Waals surface area contributed by atoms with Crippen LogP contribution in [0.5, 0.6) is 0 Å². The Kier molecular flexibility index (Phi) is 3.72. The molecule has 5 nitrogen and oxygen atoms in total. The van der Waals surface area contributed by atoms with E-state index in [2.05, 4.69) is 9.97 Å². The van der Waals surface area contributed by atoms with Gasteiger partial charge in [0.25, 0.3) is 5.91 Å². The number of pyridine rings is 1. The molecule has 0 radical (unpaired) electrons. The second-order valence-corrected chi connectivity index (χ2v) is 6.06. The third-order valence-electron chi connectivity index (χ3n) is 4.32. The van der Waals surface area contributed by atoms with Gasteiger partial charge in [0.1, 0.15) is 11.7 Å². The molecule has 0 N–H and O–H groups in total. The number of carbonyl (C=O) groups is 1. The summed E-state index contributed by atoms with van der Waals surface area (Å²) in [6.45, 7) is 1.30. The zero-order valence-electron chi connectivity index (χ0n) is 13.1. The number of rotatable bonds is 3. The Balaban J connectivity index is 1.60. The highest BCUT2D eigenvalue weighted by Crippen LogP contribution is 2.18. The molecule has 0 unspecified atom stereocenters. The van der Waals surface area contributed by atoms with Gasteiger partial charge in [-0.05, 0) is 18.1 Å². The summed E-state index contributed by atoms with van der Waals surface area (Å²) in [4.78, 5) is 22.7. The first kappa shape index (κ1) is 14.8.